The third-order valence-electron chi connectivity index (χ3n) is 3.93. The zero-order chi connectivity index (χ0) is 13.3. The van der Waals surface area contributed by atoms with E-state index >= 15 is 0 Å². The largest absolute Gasteiger partial charge is 0.397 e. The van der Waals surface area contributed by atoms with Crippen LogP contribution in [-0.2, 0) is 0 Å². The molecule has 4 heteroatoms. The highest BCUT2D eigenvalue weighted by atomic mass is 35.5. The summed E-state index contributed by atoms with van der Waals surface area (Å²) in [7, 11) is 0. The van der Waals surface area contributed by atoms with E-state index in [2.05, 4.69) is 19.2 Å². The third-order valence-corrected chi connectivity index (χ3v) is 4.22. The molecule has 1 saturated carbocycles. The van der Waals surface area contributed by atoms with Gasteiger partial charge >= 0.3 is 0 Å². The van der Waals surface area contributed by atoms with E-state index in [-0.39, 0.29) is 10.4 Å². The van der Waals surface area contributed by atoms with E-state index in [4.69, 9.17) is 17.3 Å². The van der Waals surface area contributed by atoms with E-state index < -0.39 is 5.82 Å². The van der Waals surface area contributed by atoms with E-state index in [0.29, 0.717) is 17.4 Å². The molecule has 1 atom stereocenters. The van der Waals surface area contributed by atoms with Crippen molar-refractivity contribution < 1.29 is 4.39 Å². The quantitative estimate of drug-likeness (QED) is 0.780. The Kier molecular flexibility index (Phi) is 3.71. The Hall–Kier alpha value is -0.960. The minimum Gasteiger partial charge on any atom is -0.397 e. The summed E-state index contributed by atoms with van der Waals surface area (Å²) in [6, 6.07) is 3.19. The van der Waals surface area contributed by atoms with Crippen molar-refractivity contribution in [3.8, 4) is 0 Å². The fourth-order valence-corrected chi connectivity index (χ4v) is 2.81. The molecule has 1 unspecified atom stereocenters. The molecular weight excluding hydrogens is 251 g/mol. The maximum atomic E-state index is 13.5. The van der Waals surface area contributed by atoms with Crippen LogP contribution in [0.3, 0.4) is 0 Å². The van der Waals surface area contributed by atoms with Gasteiger partial charge in [0.25, 0.3) is 0 Å². The van der Waals surface area contributed by atoms with Crippen LogP contribution in [0.5, 0.6) is 0 Å². The SMILES string of the molecule is CC1(C)CCCCC1Nc1cc(F)c(Cl)cc1N. The molecule has 0 spiro atoms. The summed E-state index contributed by atoms with van der Waals surface area (Å²) in [5, 5.41) is 3.45. The second kappa shape index (κ2) is 4.96. The molecule has 0 heterocycles. The zero-order valence-electron chi connectivity index (χ0n) is 10.9. The van der Waals surface area contributed by atoms with Crippen molar-refractivity contribution in [2.75, 3.05) is 11.1 Å². The normalized spacial score (nSPS) is 22.8. The molecule has 100 valence electrons. The van der Waals surface area contributed by atoms with Crippen LogP contribution in [0.15, 0.2) is 12.1 Å². The van der Waals surface area contributed by atoms with Crippen LogP contribution in [-0.4, -0.2) is 6.04 Å². The Morgan fingerprint density at radius 2 is 2.11 bits per heavy atom. The van der Waals surface area contributed by atoms with Gasteiger partial charge in [0, 0.05) is 12.1 Å². The highest BCUT2D eigenvalue weighted by molar-refractivity contribution is 6.31. The minimum atomic E-state index is -0.429. The van der Waals surface area contributed by atoms with Gasteiger partial charge in [0.2, 0.25) is 0 Å². The molecule has 0 amide bonds. The van der Waals surface area contributed by atoms with Crippen LogP contribution in [0, 0.1) is 11.2 Å². The number of nitrogens with one attached hydrogen (secondary N) is 1. The average molecular weight is 271 g/mol. The van der Waals surface area contributed by atoms with Gasteiger partial charge in [-0.3, -0.25) is 0 Å². The van der Waals surface area contributed by atoms with Crippen molar-refractivity contribution in [1.82, 2.24) is 0 Å². The van der Waals surface area contributed by atoms with Gasteiger partial charge in [0.15, 0.2) is 0 Å². The second-order valence-corrected chi connectivity index (χ2v) is 6.19. The molecule has 3 N–H and O–H groups in total. The molecule has 2 nitrogen and oxygen atoms in total. The molecule has 0 aliphatic heterocycles. The van der Waals surface area contributed by atoms with Gasteiger partial charge < -0.3 is 11.1 Å². The van der Waals surface area contributed by atoms with E-state index in [1.54, 1.807) is 0 Å². The molecule has 0 radical (unpaired) electrons. The van der Waals surface area contributed by atoms with E-state index in [1.165, 1.54) is 31.4 Å². The molecule has 0 aromatic heterocycles. The summed E-state index contributed by atoms with van der Waals surface area (Å²) < 4.78 is 13.5. The first-order chi connectivity index (χ1) is 8.40. The minimum absolute atomic E-state index is 0.0703. The number of anilines is 2. The molecule has 0 saturated heterocycles. The van der Waals surface area contributed by atoms with Gasteiger partial charge in [-0.25, -0.2) is 4.39 Å². The molecule has 2 rings (SSSR count). The lowest BCUT2D eigenvalue weighted by molar-refractivity contribution is 0.217. The van der Waals surface area contributed by atoms with Gasteiger partial charge in [-0.1, -0.05) is 38.3 Å². The van der Waals surface area contributed by atoms with Crippen molar-refractivity contribution >= 4 is 23.0 Å². The van der Waals surface area contributed by atoms with Gasteiger partial charge in [-0.15, -0.1) is 0 Å². The number of benzene rings is 1. The van der Waals surface area contributed by atoms with Crippen LogP contribution < -0.4 is 11.1 Å². The van der Waals surface area contributed by atoms with E-state index in [1.807, 2.05) is 0 Å². The molecule has 1 aromatic carbocycles. The zero-order valence-corrected chi connectivity index (χ0v) is 11.6. The van der Waals surface area contributed by atoms with Crippen LogP contribution >= 0.6 is 11.6 Å². The van der Waals surface area contributed by atoms with E-state index in [9.17, 15) is 4.39 Å². The number of hydrogen-bond acceptors (Lipinski definition) is 2. The number of nitrogen functional groups attached to an aromatic ring is 1. The second-order valence-electron chi connectivity index (χ2n) is 5.78. The Morgan fingerprint density at radius 1 is 1.39 bits per heavy atom. The number of rotatable bonds is 2. The lowest BCUT2D eigenvalue weighted by Crippen LogP contribution is -2.39. The van der Waals surface area contributed by atoms with Crippen molar-refractivity contribution in [2.45, 2.75) is 45.6 Å². The summed E-state index contributed by atoms with van der Waals surface area (Å²) in [4.78, 5) is 0. The molecular formula is C14H20ClFN2. The number of hydrogen-bond donors (Lipinski definition) is 2. The van der Waals surface area contributed by atoms with Gasteiger partial charge in [-0.05, 0) is 24.3 Å². The van der Waals surface area contributed by atoms with Crippen LogP contribution in [0.2, 0.25) is 5.02 Å². The van der Waals surface area contributed by atoms with Gasteiger partial charge in [0.1, 0.15) is 5.82 Å². The third kappa shape index (κ3) is 2.72. The first-order valence-corrected chi connectivity index (χ1v) is 6.79. The Morgan fingerprint density at radius 3 is 2.78 bits per heavy atom. The standard InChI is InChI=1S/C14H20ClFN2/c1-14(2)6-4-3-5-13(14)18-12-8-10(16)9(15)7-11(12)17/h7-8,13,18H,3-6,17H2,1-2H3. The molecule has 1 aliphatic carbocycles. The number of halogens is 2. The van der Waals surface area contributed by atoms with Crippen molar-refractivity contribution in [3.05, 3.63) is 23.0 Å². The topological polar surface area (TPSA) is 38.0 Å². The molecule has 1 aliphatic rings. The van der Waals surface area contributed by atoms with Crippen molar-refractivity contribution in [3.63, 3.8) is 0 Å². The predicted molar refractivity (Wildman–Crippen MR) is 75.5 cm³/mol. The first-order valence-electron chi connectivity index (χ1n) is 6.41. The summed E-state index contributed by atoms with van der Waals surface area (Å²) in [5.41, 5.74) is 7.24. The summed E-state index contributed by atoms with van der Waals surface area (Å²) >= 11 is 5.70. The van der Waals surface area contributed by atoms with Gasteiger partial charge in [0.05, 0.1) is 16.4 Å². The summed E-state index contributed by atoms with van der Waals surface area (Å²) in [5.74, 6) is -0.429. The monoisotopic (exact) mass is 270 g/mol. The maximum absolute atomic E-state index is 13.5. The Balaban J connectivity index is 2.20. The summed E-state index contributed by atoms with van der Waals surface area (Å²) in [6.45, 7) is 4.48. The first kappa shape index (κ1) is 13.5. The smallest absolute Gasteiger partial charge is 0.143 e. The molecule has 0 bridgehead atoms. The lowest BCUT2D eigenvalue weighted by Gasteiger charge is -2.39. The number of nitrogens with two attached hydrogens (primary N) is 1. The maximum Gasteiger partial charge on any atom is 0.143 e. The van der Waals surface area contributed by atoms with Crippen LogP contribution in [0.1, 0.15) is 39.5 Å². The average Bonchev–Trinajstić information content (AvgIpc) is 2.28. The fraction of sp³-hybridized carbons (Fsp3) is 0.571. The van der Waals surface area contributed by atoms with Gasteiger partial charge in [-0.2, -0.15) is 0 Å². The van der Waals surface area contributed by atoms with Crippen molar-refractivity contribution in [1.29, 1.82) is 0 Å². The highest BCUT2D eigenvalue weighted by Crippen LogP contribution is 2.38. The fourth-order valence-electron chi connectivity index (χ4n) is 2.64. The Bertz CT molecular complexity index is 446. The lowest BCUT2D eigenvalue weighted by atomic mass is 9.73. The van der Waals surface area contributed by atoms with Crippen LogP contribution in [0.25, 0.3) is 0 Å². The molecule has 1 fully saturated rings. The summed E-state index contributed by atoms with van der Waals surface area (Å²) in [6.07, 6.45) is 4.74. The Labute approximate surface area is 113 Å². The molecule has 18 heavy (non-hydrogen) atoms. The molecule has 1 aromatic rings. The van der Waals surface area contributed by atoms with Crippen LogP contribution in [0.4, 0.5) is 15.8 Å². The van der Waals surface area contributed by atoms with E-state index in [0.717, 1.165) is 6.42 Å². The predicted octanol–water partition coefficient (Wildman–Crippen LogP) is 4.44. The highest BCUT2D eigenvalue weighted by Gasteiger charge is 2.32. The van der Waals surface area contributed by atoms with Crippen molar-refractivity contribution in [2.24, 2.45) is 5.41 Å².